The molecule has 1 fully saturated rings. The van der Waals surface area contributed by atoms with Crippen LogP contribution in [0.3, 0.4) is 0 Å². The van der Waals surface area contributed by atoms with E-state index in [0.717, 1.165) is 6.41 Å². The average Bonchev–Trinajstić information content (AvgIpc) is 3.04. The Morgan fingerprint density at radius 3 is 2.59 bits per heavy atom. The maximum Gasteiger partial charge on any atom is 0.311 e. The fourth-order valence-corrected chi connectivity index (χ4v) is 2.22. The number of aromatic nitrogens is 2. The molecule has 1 aliphatic heterocycles. The van der Waals surface area contributed by atoms with Crippen molar-refractivity contribution in [2.75, 3.05) is 26.2 Å². The number of piperazine rings is 1. The molecule has 3 rings (SSSR count). The van der Waals surface area contributed by atoms with Crippen molar-refractivity contribution in [2.24, 2.45) is 0 Å². The summed E-state index contributed by atoms with van der Waals surface area (Å²) in [6, 6.07) is 5.97. The molecular formula is C14H13FN4O3. The highest BCUT2D eigenvalue weighted by molar-refractivity contribution is 5.89. The van der Waals surface area contributed by atoms with Crippen LogP contribution in [0.25, 0.3) is 11.5 Å². The second-order valence-electron chi connectivity index (χ2n) is 4.83. The van der Waals surface area contributed by atoms with Gasteiger partial charge in [0.15, 0.2) is 0 Å². The standard InChI is InChI=1S/C14H13FN4O3/c15-11-4-2-1-3-10(11)12-16-17-13(22-12)14(21)19-7-5-18(9-20)6-8-19/h1-4,9H,5-8H2. The summed E-state index contributed by atoms with van der Waals surface area (Å²) in [7, 11) is 0. The number of rotatable bonds is 3. The van der Waals surface area contributed by atoms with E-state index < -0.39 is 11.7 Å². The normalized spacial score (nSPS) is 15.0. The molecule has 8 heteroatoms. The molecule has 22 heavy (non-hydrogen) atoms. The molecule has 1 aliphatic rings. The Labute approximate surface area is 125 Å². The fraction of sp³-hybridized carbons (Fsp3) is 0.286. The number of carbonyl (C=O) groups is 2. The third-order valence-electron chi connectivity index (χ3n) is 3.46. The van der Waals surface area contributed by atoms with Gasteiger partial charge >= 0.3 is 11.8 Å². The first kappa shape index (κ1) is 14.2. The van der Waals surface area contributed by atoms with E-state index in [1.807, 2.05) is 0 Å². The number of amides is 2. The Morgan fingerprint density at radius 2 is 1.91 bits per heavy atom. The number of hydrogen-bond donors (Lipinski definition) is 0. The van der Waals surface area contributed by atoms with E-state index in [-0.39, 0.29) is 17.3 Å². The van der Waals surface area contributed by atoms with E-state index in [4.69, 9.17) is 4.42 Å². The highest BCUT2D eigenvalue weighted by atomic mass is 19.1. The average molecular weight is 304 g/mol. The lowest BCUT2D eigenvalue weighted by atomic mass is 10.2. The predicted molar refractivity (Wildman–Crippen MR) is 73.2 cm³/mol. The van der Waals surface area contributed by atoms with Gasteiger partial charge in [0.25, 0.3) is 5.89 Å². The van der Waals surface area contributed by atoms with E-state index >= 15 is 0 Å². The van der Waals surface area contributed by atoms with Crippen molar-refractivity contribution in [1.29, 1.82) is 0 Å². The van der Waals surface area contributed by atoms with Gasteiger partial charge in [0, 0.05) is 26.2 Å². The molecule has 0 aliphatic carbocycles. The van der Waals surface area contributed by atoms with Gasteiger partial charge in [-0.2, -0.15) is 0 Å². The summed E-state index contributed by atoms with van der Waals surface area (Å²) in [5, 5.41) is 7.41. The zero-order chi connectivity index (χ0) is 15.5. The smallest absolute Gasteiger partial charge is 0.311 e. The SMILES string of the molecule is O=CN1CCN(C(=O)c2nnc(-c3ccccc3F)o2)CC1. The van der Waals surface area contributed by atoms with Crippen LogP contribution < -0.4 is 0 Å². The summed E-state index contributed by atoms with van der Waals surface area (Å²) < 4.78 is 18.9. The quantitative estimate of drug-likeness (QED) is 0.783. The summed E-state index contributed by atoms with van der Waals surface area (Å²) in [6.07, 6.45) is 0.755. The molecule has 7 nitrogen and oxygen atoms in total. The largest absolute Gasteiger partial charge is 0.412 e. The molecule has 1 aromatic carbocycles. The third-order valence-corrected chi connectivity index (χ3v) is 3.46. The van der Waals surface area contributed by atoms with Crippen LogP contribution in [0.15, 0.2) is 28.7 Å². The van der Waals surface area contributed by atoms with Gasteiger partial charge in [-0.25, -0.2) is 4.39 Å². The van der Waals surface area contributed by atoms with Crippen LogP contribution in [0.5, 0.6) is 0 Å². The van der Waals surface area contributed by atoms with Crippen LogP contribution in [-0.4, -0.2) is 58.5 Å². The molecule has 2 heterocycles. The molecule has 0 N–H and O–H groups in total. The Kier molecular flexibility index (Phi) is 3.82. The van der Waals surface area contributed by atoms with E-state index in [2.05, 4.69) is 10.2 Å². The van der Waals surface area contributed by atoms with Crippen molar-refractivity contribution in [2.45, 2.75) is 0 Å². The number of benzene rings is 1. The summed E-state index contributed by atoms with van der Waals surface area (Å²) in [5.74, 6) is -1.13. The second-order valence-corrected chi connectivity index (χ2v) is 4.83. The highest BCUT2D eigenvalue weighted by Crippen LogP contribution is 2.21. The van der Waals surface area contributed by atoms with Crippen molar-refractivity contribution in [1.82, 2.24) is 20.0 Å². The van der Waals surface area contributed by atoms with Crippen LogP contribution in [0.4, 0.5) is 4.39 Å². The second kappa shape index (κ2) is 5.92. The van der Waals surface area contributed by atoms with Crippen molar-refractivity contribution < 1.29 is 18.4 Å². The molecule has 0 bridgehead atoms. The molecular weight excluding hydrogens is 291 g/mol. The van der Waals surface area contributed by atoms with Gasteiger partial charge in [-0.05, 0) is 12.1 Å². The van der Waals surface area contributed by atoms with Gasteiger partial charge in [-0.1, -0.05) is 12.1 Å². The van der Waals surface area contributed by atoms with Crippen LogP contribution in [-0.2, 0) is 4.79 Å². The summed E-state index contributed by atoms with van der Waals surface area (Å²) in [5.41, 5.74) is 0.153. The number of halogens is 1. The minimum atomic E-state index is -0.496. The van der Waals surface area contributed by atoms with Gasteiger partial charge in [-0.3, -0.25) is 9.59 Å². The molecule has 0 saturated carbocycles. The molecule has 0 unspecified atom stereocenters. The zero-order valence-corrected chi connectivity index (χ0v) is 11.6. The molecule has 1 aromatic heterocycles. The van der Waals surface area contributed by atoms with Crippen molar-refractivity contribution in [3.8, 4) is 11.5 Å². The maximum atomic E-state index is 13.7. The highest BCUT2D eigenvalue weighted by Gasteiger charge is 2.26. The topological polar surface area (TPSA) is 79.5 Å². The van der Waals surface area contributed by atoms with Crippen LogP contribution >= 0.6 is 0 Å². The van der Waals surface area contributed by atoms with Crippen molar-refractivity contribution in [3.05, 3.63) is 36.0 Å². The molecule has 114 valence electrons. The van der Waals surface area contributed by atoms with E-state index in [9.17, 15) is 14.0 Å². The van der Waals surface area contributed by atoms with Gasteiger partial charge < -0.3 is 14.2 Å². The molecule has 0 spiro atoms. The molecule has 0 radical (unpaired) electrons. The third kappa shape index (κ3) is 2.67. The van der Waals surface area contributed by atoms with E-state index in [1.54, 1.807) is 17.0 Å². The van der Waals surface area contributed by atoms with Crippen molar-refractivity contribution in [3.63, 3.8) is 0 Å². The Balaban J connectivity index is 1.75. The van der Waals surface area contributed by atoms with Crippen LogP contribution in [0.2, 0.25) is 0 Å². The fourth-order valence-electron chi connectivity index (χ4n) is 2.22. The first-order chi connectivity index (χ1) is 10.7. The van der Waals surface area contributed by atoms with Crippen LogP contribution in [0.1, 0.15) is 10.7 Å². The molecule has 2 amide bonds. The van der Waals surface area contributed by atoms with E-state index in [0.29, 0.717) is 26.2 Å². The maximum absolute atomic E-state index is 13.7. The number of hydrogen-bond acceptors (Lipinski definition) is 5. The zero-order valence-electron chi connectivity index (χ0n) is 11.6. The molecule has 0 atom stereocenters. The monoisotopic (exact) mass is 304 g/mol. The van der Waals surface area contributed by atoms with E-state index in [1.165, 1.54) is 17.0 Å². The van der Waals surface area contributed by atoms with Gasteiger partial charge in [-0.15, -0.1) is 10.2 Å². The molecule has 1 saturated heterocycles. The summed E-state index contributed by atoms with van der Waals surface area (Å²) >= 11 is 0. The predicted octanol–water partition coefficient (Wildman–Crippen LogP) is 0.790. The summed E-state index contributed by atoms with van der Waals surface area (Å²) in [4.78, 5) is 26.0. The Bertz CT molecular complexity index is 695. The summed E-state index contributed by atoms with van der Waals surface area (Å²) in [6.45, 7) is 1.72. The van der Waals surface area contributed by atoms with Gasteiger partial charge in [0.1, 0.15) is 5.82 Å². The number of nitrogens with zero attached hydrogens (tertiary/aromatic N) is 4. The Hall–Kier alpha value is -2.77. The van der Waals surface area contributed by atoms with Crippen molar-refractivity contribution >= 4 is 12.3 Å². The van der Waals surface area contributed by atoms with Crippen LogP contribution in [0, 0.1) is 5.82 Å². The van der Waals surface area contributed by atoms with Gasteiger partial charge in [0.05, 0.1) is 5.56 Å². The minimum Gasteiger partial charge on any atom is -0.412 e. The minimum absolute atomic E-state index is 0.0343. The lowest BCUT2D eigenvalue weighted by Gasteiger charge is -2.31. The molecule has 2 aromatic rings. The first-order valence-corrected chi connectivity index (χ1v) is 6.76. The lowest BCUT2D eigenvalue weighted by molar-refractivity contribution is -0.119. The number of carbonyl (C=O) groups excluding carboxylic acids is 2. The first-order valence-electron chi connectivity index (χ1n) is 6.76. The van der Waals surface area contributed by atoms with Gasteiger partial charge in [0.2, 0.25) is 6.41 Å². The Morgan fingerprint density at radius 1 is 1.18 bits per heavy atom. The lowest BCUT2D eigenvalue weighted by Crippen LogP contribution is -2.48.